The van der Waals surface area contributed by atoms with Crippen LogP contribution in [0.1, 0.15) is 118 Å². The molecule has 0 bridgehead atoms. The van der Waals surface area contributed by atoms with Gasteiger partial charge in [0.15, 0.2) is 0 Å². The summed E-state index contributed by atoms with van der Waals surface area (Å²) in [6.07, 6.45) is 20.4. The number of hydrogen-bond acceptors (Lipinski definition) is 1. The Bertz CT molecular complexity index is 337. The normalized spacial score (nSPS) is 14.6. The van der Waals surface area contributed by atoms with Gasteiger partial charge in [0.05, 0.1) is 0 Å². The summed E-state index contributed by atoms with van der Waals surface area (Å²) in [6.45, 7) is 9.07. The maximum atomic E-state index is 12.7. The molecule has 0 spiro atoms. The van der Waals surface area contributed by atoms with Crippen LogP contribution in [0, 0.1) is 0 Å². The fourth-order valence-electron chi connectivity index (χ4n) is 5.20. The van der Waals surface area contributed by atoms with Gasteiger partial charge in [0.1, 0.15) is 0 Å². The summed E-state index contributed by atoms with van der Waals surface area (Å²) in [6, 6.07) is 0. The molecule has 0 fully saturated rings. The van der Waals surface area contributed by atoms with Crippen LogP contribution in [0.2, 0.25) is 0 Å². The number of hydrogen-bond donors (Lipinski definition) is 1. The molecule has 0 aromatic rings. The standard InChI is InChI=1S/C24H51O2P/c1-6-11-16-17-18-23(24(25)26)27(19-12-7-2,20-13-8-3,21-14-9-4)22-15-10-5/h23H,6-22H2,1-5H3,(H,25,26). The molecular weight excluding hydrogens is 351 g/mol. The van der Waals surface area contributed by atoms with Gasteiger partial charge in [-0.2, -0.15) is 0 Å². The topological polar surface area (TPSA) is 37.3 Å². The van der Waals surface area contributed by atoms with Gasteiger partial charge in [0.2, 0.25) is 0 Å². The van der Waals surface area contributed by atoms with Crippen LogP contribution in [0.15, 0.2) is 0 Å². The third-order valence-corrected chi connectivity index (χ3v) is 15.3. The second-order valence-corrected chi connectivity index (χ2v) is 15.6. The Morgan fingerprint density at radius 2 is 1.00 bits per heavy atom. The molecule has 1 N–H and O–H groups in total. The summed E-state index contributed by atoms with van der Waals surface area (Å²) >= 11 is 0. The summed E-state index contributed by atoms with van der Waals surface area (Å²) < 4.78 is 0. The second kappa shape index (κ2) is 14.8. The Morgan fingerprint density at radius 1 is 0.630 bits per heavy atom. The summed E-state index contributed by atoms with van der Waals surface area (Å²) in [5.41, 5.74) is -0.0379. The number of aliphatic carboxylic acids is 1. The van der Waals surface area contributed by atoms with Crippen LogP contribution in [0.3, 0.4) is 0 Å². The van der Waals surface area contributed by atoms with Crippen molar-refractivity contribution in [2.75, 3.05) is 24.6 Å². The molecule has 164 valence electrons. The van der Waals surface area contributed by atoms with E-state index in [1.165, 1.54) is 95.3 Å². The second-order valence-electron chi connectivity index (χ2n) is 9.08. The zero-order valence-electron chi connectivity index (χ0n) is 19.4. The molecule has 0 aliphatic rings. The zero-order chi connectivity index (χ0) is 20.6. The first-order valence-corrected chi connectivity index (χ1v) is 15.2. The molecule has 0 saturated carbocycles. The molecule has 0 aromatic heterocycles. The molecule has 27 heavy (non-hydrogen) atoms. The first kappa shape index (κ1) is 26.9. The van der Waals surface area contributed by atoms with E-state index in [1.54, 1.807) is 0 Å². The number of carboxylic acid groups (broad SMARTS) is 1. The molecule has 0 radical (unpaired) electrons. The van der Waals surface area contributed by atoms with Crippen molar-refractivity contribution in [2.45, 2.75) is 124 Å². The van der Waals surface area contributed by atoms with E-state index in [9.17, 15) is 9.90 Å². The molecule has 0 aromatic carbocycles. The summed E-state index contributed by atoms with van der Waals surface area (Å²) in [4.78, 5) is 12.7. The first-order valence-electron chi connectivity index (χ1n) is 12.2. The van der Waals surface area contributed by atoms with Gasteiger partial charge in [-0.25, -0.2) is 0 Å². The summed E-state index contributed by atoms with van der Waals surface area (Å²) in [7, 11) is 0. The molecule has 0 saturated heterocycles. The van der Waals surface area contributed by atoms with E-state index in [0.29, 0.717) is 0 Å². The van der Waals surface area contributed by atoms with Gasteiger partial charge in [0, 0.05) is 0 Å². The minimum absolute atomic E-state index is 0.0379. The van der Waals surface area contributed by atoms with Crippen LogP contribution in [0.5, 0.6) is 0 Å². The molecule has 0 aliphatic carbocycles. The van der Waals surface area contributed by atoms with Crippen LogP contribution < -0.4 is 0 Å². The number of carboxylic acids is 1. The van der Waals surface area contributed by atoms with Crippen molar-refractivity contribution in [1.82, 2.24) is 0 Å². The van der Waals surface area contributed by atoms with Crippen LogP contribution in [0.4, 0.5) is 0 Å². The van der Waals surface area contributed by atoms with Gasteiger partial charge >= 0.3 is 171 Å². The van der Waals surface area contributed by atoms with Crippen LogP contribution >= 0.6 is 6.60 Å². The average molecular weight is 403 g/mol. The third-order valence-electron chi connectivity index (χ3n) is 6.96. The molecule has 1 atom stereocenters. The van der Waals surface area contributed by atoms with E-state index < -0.39 is 12.6 Å². The Labute approximate surface area is 171 Å². The summed E-state index contributed by atoms with van der Waals surface area (Å²) in [5, 5.41) is 10.5. The van der Waals surface area contributed by atoms with Gasteiger partial charge in [-0.05, 0) is 0 Å². The molecule has 0 rings (SSSR count). The van der Waals surface area contributed by atoms with Gasteiger partial charge < -0.3 is 0 Å². The monoisotopic (exact) mass is 402 g/mol. The Morgan fingerprint density at radius 3 is 1.30 bits per heavy atom. The van der Waals surface area contributed by atoms with E-state index in [-0.39, 0.29) is 5.66 Å². The van der Waals surface area contributed by atoms with Gasteiger partial charge in [0.25, 0.3) is 0 Å². The van der Waals surface area contributed by atoms with Crippen molar-refractivity contribution in [1.29, 1.82) is 0 Å². The quantitative estimate of drug-likeness (QED) is 0.175. The molecule has 3 heteroatoms. The first-order chi connectivity index (χ1) is 13.0. The van der Waals surface area contributed by atoms with Crippen molar-refractivity contribution in [3.8, 4) is 0 Å². The van der Waals surface area contributed by atoms with E-state index >= 15 is 0 Å². The number of unbranched alkanes of at least 4 members (excludes halogenated alkanes) is 7. The van der Waals surface area contributed by atoms with E-state index in [1.807, 2.05) is 0 Å². The Balaban J connectivity index is 6.04. The van der Waals surface area contributed by atoms with Crippen molar-refractivity contribution in [3.05, 3.63) is 0 Å². The van der Waals surface area contributed by atoms with E-state index in [2.05, 4.69) is 34.6 Å². The molecule has 2 nitrogen and oxygen atoms in total. The van der Waals surface area contributed by atoms with Crippen LogP contribution in [-0.2, 0) is 4.79 Å². The Hall–Kier alpha value is -0.100. The number of rotatable bonds is 19. The average Bonchev–Trinajstić information content (AvgIpc) is 2.67. The van der Waals surface area contributed by atoms with Crippen LogP contribution in [-0.4, -0.2) is 41.4 Å². The molecule has 0 amide bonds. The van der Waals surface area contributed by atoms with Crippen molar-refractivity contribution in [2.24, 2.45) is 0 Å². The Kier molecular flexibility index (Phi) is 14.8. The molecule has 1 unspecified atom stereocenters. The SMILES string of the molecule is CCCCCCC(C(=O)O)P(CCCC)(CCCC)(CCCC)CCCC. The third kappa shape index (κ3) is 8.43. The van der Waals surface area contributed by atoms with Gasteiger partial charge in [-0.3, -0.25) is 0 Å². The molecule has 0 heterocycles. The van der Waals surface area contributed by atoms with Gasteiger partial charge in [-0.15, -0.1) is 0 Å². The predicted octanol–water partition coefficient (Wildman–Crippen LogP) is 8.16. The van der Waals surface area contributed by atoms with E-state index in [0.717, 1.165) is 12.8 Å². The predicted molar refractivity (Wildman–Crippen MR) is 126 cm³/mol. The maximum absolute atomic E-state index is 12.7. The van der Waals surface area contributed by atoms with Crippen molar-refractivity contribution < 1.29 is 9.90 Å². The fraction of sp³-hybridized carbons (Fsp3) is 0.958. The minimum atomic E-state index is -2.29. The number of carbonyl (C=O) groups is 1. The molecular formula is C24H51O2P. The van der Waals surface area contributed by atoms with Crippen molar-refractivity contribution in [3.63, 3.8) is 0 Å². The zero-order valence-corrected chi connectivity index (χ0v) is 20.3. The van der Waals surface area contributed by atoms with Gasteiger partial charge in [-0.1, -0.05) is 0 Å². The van der Waals surface area contributed by atoms with Crippen LogP contribution in [0.25, 0.3) is 0 Å². The summed E-state index contributed by atoms with van der Waals surface area (Å²) in [5.74, 6) is -0.455. The van der Waals surface area contributed by atoms with E-state index in [4.69, 9.17) is 0 Å². The fourth-order valence-corrected chi connectivity index (χ4v) is 14.0. The van der Waals surface area contributed by atoms with Crippen molar-refractivity contribution >= 4 is 12.6 Å². The molecule has 0 aliphatic heterocycles.